The molecular weight excluding hydrogens is 312 g/mol. The minimum Gasteiger partial charge on any atom is -0.409 e. The van der Waals surface area contributed by atoms with Crippen LogP contribution in [0.5, 0.6) is 5.75 Å². The summed E-state index contributed by atoms with van der Waals surface area (Å²) in [6, 6.07) is 4.63. The first kappa shape index (κ1) is 15.4. The van der Waals surface area contributed by atoms with Gasteiger partial charge in [0.1, 0.15) is 5.69 Å². The molecule has 0 atom stereocenters. The number of nitrogens with zero attached hydrogens (tertiary/aromatic N) is 4. The second-order valence-electron chi connectivity index (χ2n) is 3.87. The first-order valence-corrected chi connectivity index (χ1v) is 6.24. The summed E-state index contributed by atoms with van der Waals surface area (Å²) in [6.07, 6.45) is -0.637. The predicted molar refractivity (Wildman–Crippen MR) is 77.8 cm³/mol. The zero-order valence-corrected chi connectivity index (χ0v) is 12.0. The molecule has 11 heteroatoms. The lowest BCUT2D eigenvalue weighted by Gasteiger charge is -2.07. The van der Waals surface area contributed by atoms with E-state index < -0.39 is 6.09 Å². The maximum Gasteiger partial charge on any atom is 0.412 e. The third kappa shape index (κ3) is 3.17. The van der Waals surface area contributed by atoms with Gasteiger partial charge in [0.25, 0.3) is 0 Å². The van der Waals surface area contributed by atoms with E-state index in [0.717, 1.165) is 0 Å². The van der Waals surface area contributed by atoms with Crippen LogP contribution in [0.25, 0.3) is 11.3 Å². The van der Waals surface area contributed by atoms with E-state index in [4.69, 9.17) is 27.6 Å². The highest BCUT2D eigenvalue weighted by molar-refractivity contribution is 6.32. The van der Waals surface area contributed by atoms with Crippen molar-refractivity contribution in [1.29, 1.82) is 5.41 Å². The van der Waals surface area contributed by atoms with Crippen LogP contribution in [0.2, 0.25) is 5.02 Å². The van der Waals surface area contributed by atoms with E-state index in [0.29, 0.717) is 11.3 Å². The SMILES string of the molecule is CNC(=O)Oc1ccc(-c2n[nH]nc2C(=N)N=NN)cc1Cl. The number of carbonyl (C=O) groups is 1. The first-order chi connectivity index (χ1) is 10.6. The van der Waals surface area contributed by atoms with Crippen molar-refractivity contribution >= 4 is 23.5 Å². The summed E-state index contributed by atoms with van der Waals surface area (Å²) >= 11 is 6.06. The van der Waals surface area contributed by atoms with Crippen molar-refractivity contribution in [3.05, 3.63) is 28.9 Å². The Balaban J connectivity index is 2.35. The Morgan fingerprint density at radius 2 is 2.27 bits per heavy atom. The molecule has 0 radical (unpaired) electrons. The van der Waals surface area contributed by atoms with Crippen molar-refractivity contribution in [2.45, 2.75) is 0 Å². The topological polar surface area (TPSA) is 154 Å². The summed E-state index contributed by atoms with van der Waals surface area (Å²) in [7, 11) is 1.43. The Hall–Kier alpha value is -3.01. The highest BCUT2D eigenvalue weighted by atomic mass is 35.5. The van der Waals surface area contributed by atoms with Gasteiger partial charge in [-0.25, -0.2) is 4.79 Å². The number of amidine groups is 1. The van der Waals surface area contributed by atoms with Gasteiger partial charge in [-0.05, 0) is 18.2 Å². The number of H-pyrrole nitrogens is 1. The van der Waals surface area contributed by atoms with E-state index in [1.165, 1.54) is 19.2 Å². The summed E-state index contributed by atoms with van der Waals surface area (Å²) in [5, 5.41) is 26.8. The molecule has 1 amide bonds. The van der Waals surface area contributed by atoms with Crippen LogP contribution in [0.15, 0.2) is 28.5 Å². The maximum absolute atomic E-state index is 11.2. The van der Waals surface area contributed by atoms with Crippen LogP contribution in [0.4, 0.5) is 4.79 Å². The van der Waals surface area contributed by atoms with Gasteiger partial charge in [0.2, 0.25) is 0 Å². The number of halogens is 1. The van der Waals surface area contributed by atoms with E-state index in [-0.39, 0.29) is 22.3 Å². The van der Waals surface area contributed by atoms with Crippen molar-refractivity contribution in [3.63, 3.8) is 0 Å². The van der Waals surface area contributed by atoms with E-state index in [2.05, 4.69) is 31.1 Å². The van der Waals surface area contributed by atoms with Gasteiger partial charge >= 0.3 is 6.09 Å². The first-order valence-electron chi connectivity index (χ1n) is 5.87. The van der Waals surface area contributed by atoms with Crippen molar-refractivity contribution in [1.82, 2.24) is 20.7 Å². The van der Waals surface area contributed by atoms with Crippen LogP contribution < -0.4 is 15.9 Å². The average molecular weight is 323 g/mol. The van der Waals surface area contributed by atoms with Crippen LogP contribution in [-0.4, -0.2) is 34.4 Å². The number of rotatable bonds is 3. The molecule has 22 heavy (non-hydrogen) atoms. The van der Waals surface area contributed by atoms with Gasteiger partial charge in [0.15, 0.2) is 17.3 Å². The van der Waals surface area contributed by atoms with Gasteiger partial charge in [0.05, 0.1) is 5.02 Å². The molecule has 5 N–H and O–H groups in total. The summed E-state index contributed by atoms with van der Waals surface area (Å²) in [6.45, 7) is 0. The molecule has 1 aromatic heterocycles. The summed E-state index contributed by atoms with van der Waals surface area (Å²) in [5.41, 5.74) is 1.05. The molecule has 0 saturated heterocycles. The van der Waals surface area contributed by atoms with Crippen LogP contribution >= 0.6 is 11.6 Å². The Morgan fingerprint density at radius 3 is 2.91 bits per heavy atom. The number of nitrogens with one attached hydrogen (secondary N) is 3. The minimum atomic E-state index is -0.637. The maximum atomic E-state index is 11.2. The molecule has 0 aliphatic rings. The second-order valence-corrected chi connectivity index (χ2v) is 4.28. The van der Waals surface area contributed by atoms with Gasteiger partial charge in [-0.15, -0.1) is 5.11 Å². The fraction of sp³-hybridized carbons (Fsp3) is 0.0909. The molecule has 0 spiro atoms. The van der Waals surface area contributed by atoms with E-state index in [1.807, 2.05) is 0 Å². The molecule has 10 nitrogen and oxygen atoms in total. The van der Waals surface area contributed by atoms with Crippen LogP contribution in [-0.2, 0) is 0 Å². The molecule has 0 bridgehead atoms. The van der Waals surface area contributed by atoms with E-state index >= 15 is 0 Å². The van der Waals surface area contributed by atoms with E-state index in [1.54, 1.807) is 6.07 Å². The lowest BCUT2D eigenvalue weighted by Crippen LogP contribution is -2.22. The summed E-state index contributed by atoms with van der Waals surface area (Å²) < 4.78 is 4.96. The van der Waals surface area contributed by atoms with Gasteiger partial charge < -0.3 is 15.9 Å². The number of ether oxygens (including phenoxy) is 1. The number of carbonyl (C=O) groups excluding carboxylic acids is 1. The fourth-order valence-electron chi connectivity index (χ4n) is 1.58. The Kier molecular flexibility index (Phi) is 4.63. The Morgan fingerprint density at radius 1 is 1.50 bits per heavy atom. The van der Waals surface area contributed by atoms with Gasteiger partial charge in [-0.2, -0.15) is 15.4 Å². The van der Waals surface area contributed by atoms with Gasteiger partial charge in [0, 0.05) is 12.6 Å². The molecule has 1 heterocycles. The zero-order valence-electron chi connectivity index (χ0n) is 11.3. The number of aromatic nitrogens is 3. The monoisotopic (exact) mass is 322 g/mol. The minimum absolute atomic E-state index is 0.158. The fourth-order valence-corrected chi connectivity index (χ4v) is 1.80. The number of nitrogens with two attached hydrogens (primary N) is 1. The number of hydrogen-bond acceptors (Lipinski definition) is 6. The lowest BCUT2D eigenvalue weighted by molar-refractivity contribution is 0.203. The summed E-state index contributed by atoms with van der Waals surface area (Å²) in [4.78, 5) is 11.2. The van der Waals surface area contributed by atoms with Crippen molar-refractivity contribution in [2.24, 2.45) is 16.2 Å². The number of aromatic amines is 1. The molecule has 0 aliphatic heterocycles. The third-order valence-electron chi connectivity index (χ3n) is 2.54. The predicted octanol–water partition coefficient (Wildman–Crippen LogP) is 1.49. The smallest absolute Gasteiger partial charge is 0.409 e. The quantitative estimate of drug-likeness (QED) is 0.221. The van der Waals surface area contributed by atoms with Crippen molar-refractivity contribution < 1.29 is 9.53 Å². The van der Waals surface area contributed by atoms with Crippen LogP contribution in [0.1, 0.15) is 5.69 Å². The van der Waals surface area contributed by atoms with Crippen molar-refractivity contribution in [3.8, 4) is 17.0 Å². The molecule has 1 aromatic carbocycles. The highest BCUT2D eigenvalue weighted by Gasteiger charge is 2.17. The molecule has 0 unspecified atom stereocenters. The Bertz CT molecular complexity index is 741. The molecule has 0 aliphatic carbocycles. The lowest BCUT2D eigenvalue weighted by atomic mass is 10.1. The standard InChI is InChI=1S/C11H11ClN8O2/c1-15-11(21)22-7-3-2-5(4-6(7)12)8-9(17-20-16-8)10(13)18-19-14/h2-4H,1H3,(H,15,21)(H3,13,14,18)(H,16,17,20). The van der Waals surface area contributed by atoms with Crippen molar-refractivity contribution in [2.75, 3.05) is 7.05 Å². The largest absolute Gasteiger partial charge is 0.412 e. The number of hydrogen-bond donors (Lipinski definition) is 4. The number of benzene rings is 1. The molecular formula is C11H11ClN8O2. The normalized spacial score (nSPS) is 10.6. The Labute approximate surface area is 129 Å². The summed E-state index contributed by atoms with van der Waals surface area (Å²) in [5.74, 6) is 4.84. The molecule has 2 rings (SSSR count). The highest BCUT2D eigenvalue weighted by Crippen LogP contribution is 2.30. The van der Waals surface area contributed by atoms with Gasteiger partial charge in [-0.3, -0.25) is 5.41 Å². The van der Waals surface area contributed by atoms with E-state index in [9.17, 15) is 4.79 Å². The molecule has 114 valence electrons. The molecule has 2 aromatic rings. The molecule has 0 fully saturated rings. The second kappa shape index (κ2) is 6.63. The zero-order chi connectivity index (χ0) is 16.1. The third-order valence-corrected chi connectivity index (χ3v) is 2.84. The number of amides is 1. The average Bonchev–Trinajstić information content (AvgIpc) is 2.99. The molecule has 0 saturated carbocycles. The van der Waals surface area contributed by atoms with Crippen LogP contribution in [0, 0.1) is 5.41 Å². The van der Waals surface area contributed by atoms with Crippen LogP contribution in [0.3, 0.4) is 0 Å². The van der Waals surface area contributed by atoms with Gasteiger partial charge in [-0.1, -0.05) is 16.8 Å².